The van der Waals surface area contributed by atoms with Crippen molar-refractivity contribution in [2.45, 2.75) is 31.9 Å². The fourth-order valence-corrected chi connectivity index (χ4v) is 2.38. The molecule has 1 aromatic heterocycles. The van der Waals surface area contributed by atoms with Gasteiger partial charge in [0.1, 0.15) is 12.1 Å². The van der Waals surface area contributed by atoms with Gasteiger partial charge in [0.15, 0.2) is 0 Å². The molecule has 0 aromatic carbocycles. The minimum atomic E-state index is -0.461. The Kier molecular flexibility index (Phi) is 3.07. The van der Waals surface area contributed by atoms with Crippen LogP contribution in [0.15, 0.2) is 17.5 Å². The van der Waals surface area contributed by atoms with Gasteiger partial charge in [-0.25, -0.2) is 0 Å². The van der Waals surface area contributed by atoms with Crippen LogP contribution in [0.5, 0.6) is 0 Å². The molecule has 0 radical (unpaired) electrons. The van der Waals surface area contributed by atoms with Gasteiger partial charge in [-0.3, -0.25) is 4.79 Å². The summed E-state index contributed by atoms with van der Waals surface area (Å²) in [6.45, 7) is 3.22. The Morgan fingerprint density at radius 2 is 2.60 bits per heavy atom. The lowest BCUT2D eigenvalue weighted by Gasteiger charge is -2.21. The number of carbonyl (C=O) groups is 1. The third-order valence-electron chi connectivity index (χ3n) is 2.74. The first-order valence-corrected chi connectivity index (χ1v) is 6.03. The summed E-state index contributed by atoms with van der Waals surface area (Å²) in [7, 11) is 0. The number of hydrogen-bond donors (Lipinski definition) is 1. The summed E-state index contributed by atoms with van der Waals surface area (Å²) in [4.78, 5) is 12.9. The number of nitrogens with one attached hydrogen (secondary N) is 1. The average molecular weight is 225 g/mol. The zero-order chi connectivity index (χ0) is 10.7. The number of esters is 1. The molecule has 82 valence electrons. The molecular weight excluding hydrogens is 210 g/mol. The smallest absolute Gasteiger partial charge is 0.326 e. The maximum atomic E-state index is 11.8. The van der Waals surface area contributed by atoms with Gasteiger partial charge in [0.2, 0.25) is 0 Å². The topological polar surface area (TPSA) is 38.3 Å². The fourth-order valence-electron chi connectivity index (χ4n) is 1.76. The zero-order valence-corrected chi connectivity index (χ0v) is 9.60. The van der Waals surface area contributed by atoms with Gasteiger partial charge in [-0.2, -0.15) is 0 Å². The molecule has 1 N–H and O–H groups in total. The highest BCUT2D eigenvalue weighted by Gasteiger charge is 2.37. The van der Waals surface area contributed by atoms with Gasteiger partial charge in [0, 0.05) is 4.88 Å². The summed E-state index contributed by atoms with van der Waals surface area (Å²) in [5, 5.41) is 5.18. The van der Waals surface area contributed by atoms with Crippen molar-refractivity contribution in [2.75, 3.05) is 6.54 Å². The molecule has 1 unspecified atom stereocenters. The van der Waals surface area contributed by atoms with E-state index in [4.69, 9.17) is 4.74 Å². The first-order valence-electron chi connectivity index (χ1n) is 5.15. The summed E-state index contributed by atoms with van der Waals surface area (Å²) in [6, 6.07) is 3.94. The molecule has 1 atom stereocenters. The molecule has 1 aromatic rings. The minimum Gasteiger partial charge on any atom is -0.459 e. The third-order valence-corrected chi connectivity index (χ3v) is 3.59. The summed E-state index contributed by atoms with van der Waals surface area (Å²) < 4.78 is 5.28. The van der Waals surface area contributed by atoms with Crippen molar-refractivity contribution in [1.82, 2.24) is 5.32 Å². The molecule has 1 fully saturated rings. The van der Waals surface area contributed by atoms with Gasteiger partial charge in [0.05, 0.1) is 0 Å². The van der Waals surface area contributed by atoms with Crippen molar-refractivity contribution in [3.63, 3.8) is 0 Å². The average Bonchev–Trinajstić information content (AvgIpc) is 2.85. The highest BCUT2D eigenvalue weighted by atomic mass is 32.1. The van der Waals surface area contributed by atoms with E-state index < -0.39 is 5.54 Å². The lowest BCUT2D eigenvalue weighted by atomic mass is 10.0. The van der Waals surface area contributed by atoms with Crippen LogP contribution in [-0.2, 0) is 16.1 Å². The highest BCUT2D eigenvalue weighted by Crippen LogP contribution is 2.21. The van der Waals surface area contributed by atoms with E-state index in [9.17, 15) is 4.79 Å². The molecule has 0 amide bonds. The molecule has 1 aliphatic heterocycles. The fraction of sp³-hybridized carbons (Fsp3) is 0.545. The molecule has 2 heterocycles. The Morgan fingerprint density at radius 3 is 3.20 bits per heavy atom. The second-order valence-electron chi connectivity index (χ2n) is 4.02. The molecule has 0 saturated carbocycles. The van der Waals surface area contributed by atoms with E-state index in [0.29, 0.717) is 6.61 Å². The molecule has 1 saturated heterocycles. The largest absolute Gasteiger partial charge is 0.459 e. The van der Waals surface area contributed by atoms with Crippen molar-refractivity contribution in [2.24, 2.45) is 0 Å². The van der Waals surface area contributed by atoms with Crippen LogP contribution in [-0.4, -0.2) is 18.1 Å². The number of thiophene rings is 1. The summed E-state index contributed by atoms with van der Waals surface area (Å²) in [6.07, 6.45) is 1.92. The van der Waals surface area contributed by atoms with Crippen LogP contribution in [0.4, 0.5) is 0 Å². The van der Waals surface area contributed by atoms with Gasteiger partial charge in [0.25, 0.3) is 0 Å². The maximum Gasteiger partial charge on any atom is 0.326 e. The summed E-state index contributed by atoms with van der Waals surface area (Å²) in [5.74, 6) is -0.131. The number of rotatable bonds is 3. The van der Waals surface area contributed by atoms with Crippen molar-refractivity contribution in [3.05, 3.63) is 22.4 Å². The second-order valence-corrected chi connectivity index (χ2v) is 5.05. The Bertz CT molecular complexity index is 328. The van der Waals surface area contributed by atoms with Gasteiger partial charge in [-0.1, -0.05) is 6.07 Å². The first-order chi connectivity index (χ1) is 7.21. The zero-order valence-electron chi connectivity index (χ0n) is 8.79. The molecule has 0 bridgehead atoms. The van der Waals surface area contributed by atoms with Crippen molar-refractivity contribution < 1.29 is 9.53 Å². The van der Waals surface area contributed by atoms with Crippen LogP contribution in [0.1, 0.15) is 24.6 Å². The van der Waals surface area contributed by atoms with E-state index in [-0.39, 0.29) is 5.97 Å². The second kappa shape index (κ2) is 4.33. The summed E-state index contributed by atoms with van der Waals surface area (Å²) >= 11 is 1.61. The van der Waals surface area contributed by atoms with E-state index >= 15 is 0 Å². The Hall–Kier alpha value is -0.870. The van der Waals surface area contributed by atoms with E-state index in [1.165, 1.54) is 0 Å². The van der Waals surface area contributed by atoms with Crippen LogP contribution in [0.3, 0.4) is 0 Å². The number of hydrogen-bond acceptors (Lipinski definition) is 4. The predicted octanol–water partition coefficient (Wildman–Crippen LogP) is 1.93. The summed E-state index contributed by atoms with van der Waals surface area (Å²) in [5.41, 5.74) is -0.461. The standard InChI is InChI=1S/C11H15NO2S/c1-11(5-3-6-12-11)10(13)14-8-9-4-2-7-15-9/h2,4,7,12H,3,5-6,8H2,1H3. The Balaban J connectivity index is 1.87. The van der Waals surface area contributed by atoms with E-state index in [1.54, 1.807) is 11.3 Å². The van der Waals surface area contributed by atoms with Crippen LogP contribution in [0, 0.1) is 0 Å². The van der Waals surface area contributed by atoms with Crippen LogP contribution < -0.4 is 5.32 Å². The van der Waals surface area contributed by atoms with E-state index in [0.717, 1.165) is 24.3 Å². The van der Waals surface area contributed by atoms with E-state index in [1.807, 2.05) is 24.4 Å². The monoisotopic (exact) mass is 225 g/mol. The maximum absolute atomic E-state index is 11.8. The molecule has 1 aliphatic rings. The lowest BCUT2D eigenvalue weighted by molar-refractivity contribution is -0.151. The van der Waals surface area contributed by atoms with Gasteiger partial charge in [-0.05, 0) is 37.8 Å². The predicted molar refractivity (Wildman–Crippen MR) is 59.8 cm³/mol. The SMILES string of the molecule is CC1(C(=O)OCc2cccs2)CCCN1. The molecular formula is C11H15NO2S. The van der Waals surface area contributed by atoms with Crippen LogP contribution in [0.2, 0.25) is 0 Å². The molecule has 3 nitrogen and oxygen atoms in total. The van der Waals surface area contributed by atoms with Gasteiger partial charge in [-0.15, -0.1) is 11.3 Å². The van der Waals surface area contributed by atoms with Gasteiger partial charge < -0.3 is 10.1 Å². The third kappa shape index (κ3) is 2.38. The normalized spacial score (nSPS) is 25.4. The Labute approximate surface area is 93.4 Å². The molecule has 0 aliphatic carbocycles. The van der Waals surface area contributed by atoms with Crippen molar-refractivity contribution in [1.29, 1.82) is 0 Å². The first kappa shape index (κ1) is 10.6. The quantitative estimate of drug-likeness (QED) is 0.799. The lowest BCUT2D eigenvalue weighted by Crippen LogP contribution is -2.45. The highest BCUT2D eigenvalue weighted by molar-refractivity contribution is 7.09. The van der Waals surface area contributed by atoms with Crippen LogP contribution >= 0.6 is 11.3 Å². The minimum absolute atomic E-state index is 0.131. The molecule has 4 heteroatoms. The van der Waals surface area contributed by atoms with Crippen molar-refractivity contribution in [3.8, 4) is 0 Å². The molecule has 15 heavy (non-hydrogen) atoms. The molecule has 0 spiro atoms. The van der Waals surface area contributed by atoms with Gasteiger partial charge >= 0.3 is 5.97 Å². The van der Waals surface area contributed by atoms with Crippen LogP contribution in [0.25, 0.3) is 0 Å². The number of carbonyl (C=O) groups excluding carboxylic acids is 1. The van der Waals surface area contributed by atoms with E-state index in [2.05, 4.69) is 5.32 Å². The molecule has 2 rings (SSSR count). The Morgan fingerprint density at radius 1 is 1.73 bits per heavy atom. The van der Waals surface area contributed by atoms with Crippen molar-refractivity contribution >= 4 is 17.3 Å². The number of ether oxygens (including phenoxy) is 1.